The molecule has 5 nitrogen and oxygen atoms in total. The van der Waals surface area contributed by atoms with Gasteiger partial charge in [0.05, 0.1) is 6.54 Å². The van der Waals surface area contributed by atoms with Crippen LogP contribution in [0.3, 0.4) is 0 Å². The number of hydrogen-bond acceptors (Lipinski definition) is 5. The van der Waals surface area contributed by atoms with Crippen molar-refractivity contribution in [3.05, 3.63) is 41.8 Å². The topological polar surface area (TPSA) is 63.8 Å². The second-order valence-electron chi connectivity index (χ2n) is 3.52. The molecule has 2 aromatic rings. The van der Waals surface area contributed by atoms with Crippen LogP contribution in [0.2, 0.25) is 0 Å². The smallest absolute Gasteiger partial charge is 0.240 e. The van der Waals surface area contributed by atoms with Gasteiger partial charge < -0.3 is 9.84 Å². The van der Waals surface area contributed by atoms with Crippen molar-refractivity contribution in [2.75, 3.05) is 6.54 Å². The van der Waals surface area contributed by atoms with Crippen molar-refractivity contribution >= 4 is 0 Å². The highest BCUT2D eigenvalue weighted by molar-refractivity contribution is 5.09. The molecule has 2 heterocycles. The zero-order valence-corrected chi connectivity index (χ0v) is 9.18. The fourth-order valence-corrected chi connectivity index (χ4v) is 1.39. The molecule has 0 unspecified atom stereocenters. The van der Waals surface area contributed by atoms with Crippen LogP contribution in [0.1, 0.15) is 17.3 Å². The molecule has 0 aliphatic carbocycles. The predicted molar refractivity (Wildman–Crippen MR) is 58.7 cm³/mol. The number of aryl methyl sites for hydroxylation is 1. The minimum atomic E-state index is 0.617. The molecular formula is C11H14N4O. The zero-order valence-electron chi connectivity index (χ0n) is 9.18. The fourth-order valence-electron chi connectivity index (χ4n) is 1.39. The van der Waals surface area contributed by atoms with E-state index in [1.165, 1.54) is 5.56 Å². The van der Waals surface area contributed by atoms with Crippen molar-refractivity contribution in [3.63, 3.8) is 0 Å². The maximum Gasteiger partial charge on any atom is 0.240 e. The highest BCUT2D eigenvalue weighted by Gasteiger charge is 2.00. The van der Waals surface area contributed by atoms with Crippen molar-refractivity contribution < 1.29 is 4.52 Å². The summed E-state index contributed by atoms with van der Waals surface area (Å²) in [6, 6.07) is 4.02. The number of nitrogens with one attached hydrogen (secondary N) is 1. The number of hydrogen-bond donors (Lipinski definition) is 1. The Labute approximate surface area is 93.9 Å². The van der Waals surface area contributed by atoms with Gasteiger partial charge in [0.15, 0.2) is 5.82 Å². The highest BCUT2D eigenvalue weighted by Crippen LogP contribution is 1.97. The Morgan fingerprint density at radius 2 is 2.12 bits per heavy atom. The van der Waals surface area contributed by atoms with Crippen LogP contribution in [-0.2, 0) is 13.0 Å². The number of rotatable bonds is 5. The third-order valence-corrected chi connectivity index (χ3v) is 2.19. The summed E-state index contributed by atoms with van der Waals surface area (Å²) in [4.78, 5) is 8.08. The summed E-state index contributed by atoms with van der Waals surface area (Å²) in [5.74, 6) is 1.30. The molecule has 2 aromatic heterocycles. The number of nitrogens with zero attached hydrogens (tertiary/aromatic N) is 3. The molecule has 16 heavy (non-hydrogen) atoms. The van der Waals surface area contributed by atoms with Crippen LogP contribution in [-0.4, -0.2) is 21.7 Å². The summed E-state index contributed by atoms with van der Waals surface area (Å²) < 4.78 is 4.98. The predicted octanol–water partition coefficient (Wildman–Crippen LogP) is 1.11. The maximum atomic E-state index is 4.98. The second-order valence-corrected chi connectivity index (χ2v) is 3.52. The zero-order chi connectivity index (χ0) is 11.2. The van der Waals surface area contributed by atoms with Gasteiger partial charge in [-0.3, -0.25) is 4.98 Å². The van der Waals surface area contributed by atoms with E-state index in [2.05, 4.69) is 20.4 Å². The summed E-state index contributed by atoms with van der Waals surface area (Å²) in [6.45, 7) is 3.31. The van der Waals surface area contributed by atoms with Crippen molar-refractivity contribution in [3.8, 4) is 0 Å². The Morgan fingerprint density at radius 3 is 2.81 bits per heavy atom. The van der Waals surface area contributed by atoms with E-state index in [0.29, 0.717) is 18.3 Å². The minimum Gasteiger partial charge on any atom is -0.338 e. The van der Waals surface area contributed by atoms with E-state index >= 15 is 0 Å². The molecule has 0 aliphatic heterocycles. The number of pyridine rings is 1. The van der Waals surface area contributed by atoms with Gasteiger partial charge in [-0.1, -0.05) is 5.16 Å². The van der Waals surface area contributed by atoms with Crippen molar-refractivity contribution in [1.29, 1.82) is 0 Å². The van der Waals surface area contributed by atoms with Crippen LogP contribution in [0.4, 0.5) is 0 Å². The van der Waals surface area contributed by atoms with Gasteiger partial charge in [-0.05, 0) is 37.6 Å². The monoisotopic (exact) mass is 218 g/mol. The molecule has 2 rings (SSSR count). The van der Waals surface area contributed by atoms with Crippen molar-refractivity contribution in [2.24, 2.45) is 0 Å². The summed E-state index contributed by atoms with van der Waals surface area (Å²) >= 11 is 0. The average molecular weight is 218 g/mol. The van der Waals surface area contributed by atoms with E-state index in [0.717, 1.165) is 13.0 Å². The standard InChI is InChI=1S/C11H14N4O/c1-9-14-11(16-15-9)8-13-7-4-10-2-5-12-6-3-10/h2-3,5-6,13H,4,7-8H2,1H3. The molecule has 0 fully saturated rings. The van der Waals surface area contributed by atoms with Gasteiger partial charge in [0, 0.05) is 12.4 Å². The van der Waals surface area contributed by atoms with E-state index in [9.17, 15) is 0 Å². The summed E-state index contributed by atoms with van der Waals surface area (Å²) in [6.07, 6.45) is 4.57. The van der Waals surface area contributed by atoms with Crippen LogP contribution in [0, 0.1) is 6.92 Å². The van der Waals surface area contributed by atoms with Crippen LogP contribution in [0.5, 0.6) is 0 Å². The molecule has 0 aliphatic rings. The van der Waals surface area contributed by atoms with Gasteiger partial charge in [-0.2, -0.15) is 4.98 Å². The van der Waals surface area contributed by atoms with Gasteiger partial charge in [-0.25, -0.2) is 0 Å². The molecule has 0 saturated carbocycles. The molecule has 0 spiro atoms. The highest BCUT2D eigenvalue weighted by atomic mass is 16.5. The lowest BCUT2D eigenvalue weighted by Gasteiger charge is -2.01. The normalized spacial score (nSPS) is 10.6. The first kappa shape index (κ1) is 10.8. The van der Waals surface area contributed by atoms with Crippen LogP contribution in [0.25, 0.3) is 0 Å². The van der Waals surface area contributed by atoms with Gasteiger partial charge in [0.1, 0.15) is 0 Å². The number of aromatic nitrogens is 3. The van der Waals surface area contributed by atoms with Gasteiger partial charge in [-0.15, -0.1) is 0 Å². The lowest BCUT2D eigenvalue weighted by Crippen LogP contribution is -2.16. The van der Waals surface area contributed by atoms with Gasteiger partial charge >= 0.3 is 0 Å². The average Bonchev–Trinajstić information content (AvgIpc) is 2.72. The second kappa shape index (κ2) is 5.37. The summed E-state index contributed by atoms with van der Waals surface area (Å²) in [5, 5.41) is 6.97. The molecule has 0 amide bonds. The fraction of sp³-hybridized carbons (Fsp3) is 0.364. The van der Waals surface area contributed by atoms with E-state index in [1.807, 2.05) is 19.1 Å². The maximum absolute atomic E-state index is 4.98. The third-order valence-electron chi connectivity index (χ3n) is 2.19. The lowest BCUT2D eigenvalue weighted by atomic mass is 10.2. The Balaban J connectivity index is 1.69. The van der Waals surface area contributed by atoms with Crippen molar-refractivity contribution in [1.82, 2.24) is 20.4 Å². The van der Waals surface area contributed by atoms with E-state index in [1.54, 1.807) is 12.4 Å². The van der Waals surface area contributed by atoms with E-state index in [4.69, 9.17) is 4.52 Å². The Kier molecular flexibility index (Phi) is 3.61. The van der Waals surface area contributed by atoms with Gasteiger partial charge in [0.25, 0.3) is 0 Å². The van der Waals surface area contributed by atoms with Gasteiger partial charge in [0.2, 0.25) is 5.89 Å². The first-order valence-corrected chi connectivity index (χ1v) is 5.23. The summed E-state index contributed by atoms with van der Waals surface area (Å²) in [5.41, 5.74) is 1.27. The molecule has 0 saturated heterocycles. The molecule has 1 N–H and O–H groups in total. The lowest BCUT2D eigenvalue weighted by molar-refractivity contribution is 0.365. The van der Waals surface area contributed by atoms with Crippen LogP contribution < -0.4 is 5.32 Å². The molecule has 0 bridgehead atoms. The molecule has 0 aromatic carbocycles. The Hall–Kier alpha value is -1.75. The molecule has 5 heteroatoms. The summed E-state index contributed by atoms with van der Waals surface area (Å²) in [7, 11) is 0. The van der Waals surface area contributed by atoms with E-state index in [-0.39, 0.29) is 0 Å². The Bertz CT molecular complexity index is 427. The Morgan fingerprint density at radius 1 is 1.31 bits per heavy atom. The third kappa shape index (κ3) is 3.13. The molecule has 84 valence electrons. The van der Waals surface area contributed by atoms with Crippen LogP contribution in [0.15, 0.2) is 29.0 Å². The SMILES string of the molecule is Cc1noc(CNCCc2ccncc2)n1. The molecule has 0 radical (unpaired) electrons. The quantitative estimate of drug-likeness (QED) is 0.761. The van der Waals surface area contributed by atoms with Crippen molar-refractivity contribution in [2.45, 2.75) is 19.9 Å². The molecular weight excluding hydrogens is 204 g/mol. The van der Waals surface area contributed by atoms with E-state index < -0.39 is 0 Å². The largest absolute Gasteiger partial charge is 0.338 e. The minimum absolute atomic E-state index is 0.617. The molecule has 0 atom stereocenters. The first-order chi connectivity index (χ1) is 7.84. The van der Waals surface area contributed by atoms with Crippen LogP contribution >= 0.6 is 0 Å². The first-order valence-electron chi connectivity index (χ1n) is 5.23.